The van der Waals surface area contributed by atoms with Gasteiger partial charge in [-0.2, -0.15) is 0 Å². The largest absolute Gasteiger partial charge is 0.497 e. The molecule has 2 aromatic rings. The lowest BCUT2D eigenvalue weighted by molar-refractivity contribution is 0.414. The van der Waals surface area contributed by atoms with Crippen LogP contribution in [-0.2, 0) is 6.42 Å². The number of nitrogens with zero attached hydrogens (tertiary/aromatic N) is 2. The summed E-state index contributed by atoms with van der Waals surface area (Å²) < 4.78 is 5.20. The fourth-order valence-electron chi connectivity index (χ4n) is 3.45. The van der Waals surface area contributed by atoms with Crippen LogP contribution in [0.25, 0.3) is 0 Å². The number of benzene rings is 2. The van der Waals surface area contributed by atoms with Gasteiger partial charge in [0.2, 0.25) is 0 Å². The highest BCUT2D eigenvalue weighted by atomic mass is 16.5. The number of guanidine groups is 1. The number of nitrogens with one attached hydrogen (secondary N) is 2. The zero-order valence-electron chi connectivity index (χ0n) is 16.3. The van der Waals surface area contributed by atoms with Crippen LogP contribution in [0.3, 0.4) is 0 Å². The normalized spacial score (nSPS) is 17.0. The first kappa shape index (κ1) is 19.1. The molecule has 0 radical (unpaired) electrons. The average Bonchev–Trinajstić information content (AvgIpc) is 3.21. The third kappa shape index (κ3) is 5.64. The minimum atomic E-state index is 0.644. The zero-order valence-corrected chi connectivity index (χ0v) is 16.3. The van der Waals surface area contributed by atoms with Crippen molar-refractivity contribution in [1.29, 1.82) is 0 Å². The summed E-state index contributed by atoms with van der Waals surface area (Å²) in [6.45, 7) is 4.03. The van der Waals surface area contributed by atoms with Crippen LogP contribution in [0, 0.1) is 5.92 Å². The predicted octanol–water partition coefficient (Wildman–Crippen LogP) is 2.93. The molecule has 0 amide bonds. The molecule has 2 aromatic carbocycles. The van der Waals surface area contributed by atoms with Crippen molar-refractivity contribution in [2.45, 2.75) is 12.8 Å². The zero-order chi connectivity index (χ0) is 18.9. The van der Waals surface area contributed by atoms with Crippen molar-refractivity contribution >= 4 is 11.6 Å². The van der Waals surface area contributed by atoms with Gasteiger partial charge in [0.15, 0.2) is 5.96 Å². The van der Waals surface area contributed by atoms with Gasteiger partial charge in [-0.3, -0.25) is 4.99 Å². The van der Waals surface area contributed by atoms with E-state index in [1.165, 1.54) is 17.7 Å². The molecule has 5 heteroatoms. The maximum Gasteiger partial charge on any atom is 0.190 e. The van der Waals surface area contributed by atoms with E-state index in [1.807, 2.05) is 19.2 Å². The van der Waals surface area contributed by atoms with Crippen LogP contribution in [0.5, 0.6) is 5.75 Å². The van der Waals surface area contributed by atoms with Crippen LogP contribution in [0.4, 0.5) is 5.69 Å². The van der Waals surface area contributed by atoms with Crippen LogP contribution in [0.1, 0.15) is 12.0 Å². The average molecular weight is 367 g/mol. The van der Waals surface area contributed by atoms with Gasteiger partial charge in [0.05, 0.1) is 7.11 Å². The molecule has 1 atom stereocenters. The van der Waals surface area contributed by atoms with Gasteiger partial charge in [0.25, 0.3) is 0 Å². The minimum absolute atomic E-state index is 0.644. The lowest BCUT2D eigenvalue weighted by Gasteiger charge is -2.19. The highest BCUT2D eigenvalue weighted by Crippen LogP contribution is 2.22. The molecule has 0 saturated carbocycles. The van der Waals surface area contributed by atoms with E-state index in [9.17, 15) is 0 Å². The predicted molar refractivity (Wildman–Crippen MR) is 113 cm³/mol. The van der Waals surface area contributed by atoms with Gasteiger partial charge in [-0.05, 0) is 48.6 Å². The van der Waals surface area contributed by atoms with Gasteiger partial charge < -0.3 is 20.3 Å². The van der Waals surface area contributed by atoms with E-state index in [4.69, 9.17) is 4.74 Å². The summed E-state index contributed by atoms with van der Waals surface area (Å²) in [5.41, 5.74) is 2.61. The van der Waals surface area contributed by atoms with Gasteiger partial charge in [0, 0.05) is 38.9 Å². The molecule has 1 aliphatic rings. The second kappa shape index (κ2) is 9.86. The molecule has 1 fully saturated rings. The fraction of sp³-hybridized carbons (Fsp3) is 0.409. The minimum Gasteiger partial charge on any atom is -0.497 e. The monoisotopic (exact) mass is 366 g/mol. The number of para-hydroxylation sites is 1. The molecule has 0 spiro atoms. The second-order valence-electron chi connectivity index (χ2n) is 6.91. The Labute approximate surface area is 162 Å². The smallest absolute Gasteiger partial charge is 0.190 e. The summed E-state index contributed by atoms with van der Waals surface area (Å²) in [4.78, 5) is 6.81. The van der Waals surface area contributed by atoms with E-state index in [0.29, 0.717) is 5.92 Å². The number of methoxy groups -OCH3 is 1. The van der Waals surface area contributed by atoms with E-state index in [2.05, 4.69) is 63.0 Å². The SMILES string of the molecule is CN=C(NCCc1ccc(OC)cc1)NCC1CCN(c2ccccc2)C1. The molecule has 1 saturated heterocycles. The van der Waals surface area contributed by atoms with E-state index in [0.717, 1.165) is 44.3 Å². The molecule has 144 valence electrons. The number of ether oxygens (including phenoxy) is 1. The molecule has 5 nitrogen and oxygen atoms in total. The lowest BCUT2D eigenvalue weighted by atomic mass is 10.1. The van der Waals surface area contributed by atoms with Gasteiger partial charge in [-0.1, -0.05) is 30.3 Å². The number of anilines is 1. The number of rotatable bonds is 7. The summed E-state index contributed by atoms with van der Waals surface area (Å²) in [6.07, 6.45) is 2.17. The molecule has 0 bridgehead atoms. The first-order valence-electron chi connectivity index (χ1n) is 9.66. The fourth-order valence-corrected chi connectivity index (χ4v) is 3.45. The molecular weight excluding hydrogens is 336 g/mol. The summed E-state index contributed by atoms with van der Waals surface area (Å²) >= 11 is 0. The molecule has 27 heavy (non-hydrogen) atoms. The maximum absolute atomic E-state index is 5.20. The molecular formula is C22H30N4O. The van der Waals surface area contributed by atoms with E-state index in [-0.39, 0.29) is 0 Å². The molecule has 3 rings (SSSR count). The standard InChI is InChI=1S/C22H30N4O/c1-23-22(24-14-12-18-8-10-21(27-2)11-9-18)25-16-19-13-15-26(17-19)20-6-4-3-5-7-20/h3-11,19H,12-17H2,1-2H3,(H2,23,24,25). The number of hydrogen-bond donors (Lipinski definition) is 2. The van der Waals surface area contributed by atoms with Crippen molar-refractivity contribution in [2.24, 2.45) is 10.9 Å². The van der Waals surface area contributed by atoms with Crippen molar-refractivity contribution in [3.8, 4) is 5.75 Å². The molecule has 2 N–H and O–H groups in total. The van der Waals surface area contributed by atoms with E-state index >= 15 is 0 Å². The Hall–Kier alpha value is -2.69. The van der Waals surface area contributed by atoms with E-state index < -0.39 is 0 Å². The Morgan fingerprint density at radius 2 is 1.89 bits per heavy atom. The van der Waals surface area contributed by atoms with Crippen LogP contribution in [0.2, 0.25) is 0 Å². The highest BCUT2D eigenvalue weighted by molar-refractivity contribution is 5.79. The Balaban J connectivity index is 1.38. The molecule has 1 heterocycles. The molecule has 0 aliphatic carbocycles. The lowest BCUT2D eigenvalue weighted by Crippen LogP contribution is -2.41. The first-order valence-corrected chi connectivity index (χ1v) is 9.66. The Morgan fingerprint density at radius 3 is 2.59 bits per heavy atom. The highest BCUT2D eigenvalue weighted by Gasteiger charge is 2.22. The van der Waals surface area contributed by atoms with Gasteiger partial charge >= 0.3 is 0 Å². The first-order chi connectivity index (χ1) is 13.3. The van der Waals surface area contributed by atoms with Crippen molar-refractivity contribution in [3.05, 3.63) is 60.2 Å². The topological polar surface area (TPSA) is 48.9 Å². The van der Waals surface area contributed by atoms with Gasteiger partial charge in [-0.25, -0.2) is 0 Å². The van der Waals surface area contributed by atoms with Crippen molar-refractivity contribution in [2.75, 3.05) is 45.2 Å². The Kier molecular flexibility index (Phi) is 6.97. The number of aliphatic imine (C=N–C) groups is 1. The quantitative estimate of drug-likeness (QED) is 0.584. The molecule has 0 aromatic heterocycles. The second-order valence-corrected chi connectivity index (χ2v) is 6.91. The summed E-state index contributed by atoms with van der Waals surface area (Å²) in [7, 11) is 3.52. The number of hydrogen-bond acceptors (Lipinski definition) is 3. The Morgan fingerprint density at radius 1 is 1.11 bits per heavy atom. The summed E-state index contributed by atoms with van der Waals surface area (Å²) in [5, 5.41) is 6.89. The summed E-state index contributed by atoms with van der Waals surface area (Å²) in [5.74, 6) is 2.41. The van der Waals surface area contributed by atoms with Crippen LogP contribution < -0.4 is 20.3 Å². The molecule has 1 aliphatic heterocycles. The third-order valence-corrected chi connectivity index (χ3v) is 5.05. The van der Waals surface area contributed by atoms with E-state index in [1.54, 1.807) is 7.11 Å². The van der Waals surface area contributed by atoms with Gasteiger partial charge in [0.1, 0.15) is 5.75 Å². The maximum atomic E-state index is 5.20. The van der Waals surface area contributed by atoms with Crippen LogP contribution in [-0.4, -0.2) is 46.3 Å². The van der Waals surface area contributed by atoms with Crippen LogP contribution >= 0.6 is 0 Å². The van der Waals surface area contributed by atoms with Gasteiger partial charge in [-0.15, -0.1) is 0 Å². The summed E-state index contributed by atoms with van der Waals surface area (Å²) in [6, 6.07) is 18.9. The van der Waals surface area contributed by atoms with Crippen molar-refractivity contribution in [3.63, 3.8) is 0 Å². The molecule has 1 unspecified atom stereocenters. The van der Waals surface area contributed by atoms with Crippen molar-refractivity contribution < 1.29 is 4.74 Å². The van der Waals surface area contributed by atoms with Crippen LogP contribution in [0.15, 0.2) is 59.6 Å². The third-order valence-electron chi connectivity index (χ3n) is 5.05. The van der Waals surface area contributed by atoms with Crippen molar-refractivity contribution in [1.82, 2.24) is 10.6 Å². The Bertz CT molecular complexity index is 715.